The van der Waals surface area contributed by atoms with Crippen molar-refractivity contribution in [2.75, 3.05) is 5.75 Å². The number of halogens is 2. The number of thioether (sulfide) groups is 1. The average Bonchev–Trinajstić information content (AvgIpc) is 2.66. The van der Waals surface area contributed by atoms with Crippen molar-refractivity contribution >= 4 is 46.8 Å². The molecule has 4 nitrogen and oxygen atoms in total. The van der Waals surface area contributed by atoms with Gasteiger partial charge in [-0.3, -0.25) is 9.59 Å². The molecule has 0 aliphatic heterocycles. The van der Waals surface area contributed by atoms with E-state index in [-0.39, 0.29) is 30.2 Å². The molecule has 0 unspecified atom stereocenters. The Morgan fingerprint density at radius 3 is 2.19 bits per heavy atom. The van der Waals surface area contributed by atoms with E-state index in [0.29, 0.717) is 10.0 Å². The van der Waals surface area contributed by atoms with Gasteiger partial charge in [-0.2, -0.15) is 0 Å². The van der Waals surface area contributed by atoms with Crippen LogP contribution in [0.1, 0.15) is 43.0 Å². The minimum absolute atomic E-state index is 0.00388. The van der Waals surface area contributed by atoms with E-state index in [2.05, 4.69) is 37.4 Å². The average molecular weight is 481 g/mol. The van der Waals surface area contributed by atoms with Crippen LogP contribution in [0, 0.1) is 13.8 Å². The highest BCUT2D eigenvalue weighted by atomic mass is 35.5. The summed E-state index contributed by atoms with van der Waals surface area (Å²) in [5.41, 5.74) is 4.44. The topological polar surface area (TPSA) is 49.4 Å². The fourth-order valence-electron chi connectivity index (χ4n) is 3.31. The molecule has 168 valence electrons. The molecule has 0 saturated heterocycles. The van der Waals surface area contributed by atoms with Crippen LogP contribution in [-0.2, 0) is 21.9 Å². The molecule has 0 aliphatic carbocycles. The number of nitrogens with zero attached hydrogens (tertiary/aromatic N) is 1. The van der Waals surface area contributed by atoms with Gasteiger partial charge in [0.25, 0.3) is 0 Å². The zero-order valence-corrected chi connectivity index (χ0v) is 21.0. The zero-order chi connectivity index (χ0) is 23.1. The largest absolute Gasteiger partial charge is 0.352 e. The van der Waals surface area contributed by atoms with E-state index >= 15 is 0 Å². The maximum absolute atomic E-state index is 13.1. The Kier molecular flexibility index (Phi) is 9.73. The lowest BCUT2D eigenvalue weighted by atomic mass is 10.1. The van der Waals surface area contributed by atoms with Crippen molar-refractivity contribution in [1.82, 2.24) is 10.2 Å². The minimum atomic E-state index is -0.605. The molecule has 0 bridgehead atoms. The van der Waals surface area contributed by atoms with Gasteiger partial charge in [-0.05, 0) is 57.9 Å². The van der Waals surface area contributed by atoms with Crippen molar-refractivity contribution in [1.29, 1.82) is 0 Å². The van der Waals surface area contributed by atoms with E-state index in [1.807, 2.05) is 19.9 Å². The Labute approximate surface area is 199 Å². The van der Waals surface area contributed by atoms with Crippen LogP contribution in [0.2, 0.25) is 10.0 Å². The molecular weight excluding hydrogens is 451 g/mol. The van der Waals surface area contributed by atoms with Crippen LogP contribution in [0.4, 0.5) is 0 Å². The van der Waals surface area contributed by atoms with Gasteiger partial charge in [0.1, 0.15) is 6.04 Å². The maximum Gasteiger partial charge on any atom is 0.242 e. The molecule has 31 heavy (non-hydrogen) atoms. The van der Waals surface area contributed by atoms with Crippen LogP contribution in [0.15, 0.2) is 36.4 Å². The molecule has 0 aliphatic rings. The molecule has 2 aromatic carbocycles. The van der Waals surface area contributed by atoms with Gasteiger partial charge in [0, 0.05) is 18.3 Å². The van der Waals surface area contributed by atoms with Crippen molar-refractivity contribution in [3.05, 3.63) is 68.7 Å². The number of benzene rings is 2. The lowest BCUT2D eigenvalue weighted by Gasteiger charge is -2.29. The van der Waals surface area contributed by atoms with Gasteiger partial charge in [0.15, 0.2) is 0 Å². The Bertz CT molecular complexity index is 914. The summed E-state index contributed by atoms with van der Waals surface area (Å²) < 4.78 is 0. The molecule has 7 heteroatoms. The first-order valence-corrected chi connectivity index (χ1v) is 12.2. The molecule has 1 N–H and O–H groups in total. The zero-order valence-electron chi connectivity index (χ0n) is 18.7. The van der Waals surface area contributed by atoms with Gasteiger partial charge in [-0.25, -0.2) is 0 Å². The molecule has 2 rings (SSSR count). The molecule has 0 heterocycles. The number of carbonyl (C=O) groups is 2. The van der Waals surface area contributed by atoms with E-state index in [9.17, 15) is 9.59 Å². The molecule has 2 amide bonds. The summed E-state index contributed by atoms with van der Waals surface area (Å²) in [6.45, 7) is 9.97. The lowest BCUT2D eigenvalue weighted by molar-refractivity contribution is -0.138. The van der Waals surface area contributed by atoms with Crippen LogP contribution in [0.3, 0.4) is 0 Å². The van der Waals surface area contributed by atoms with Crippen LogP contribution in [0.5, 0.6) is 0 Å². The highest BCUT2D eigenvalue weighted by molar-refractivity contribution is 7.99. The van der Waals surface area contributed by atoms with Gasteiger partial charge in [0.05, 0.1) is 15.8 Å². The highest BCUT2D eigenvalue weighted by Crippen LogP contribution is 2.24. The van der Waals surface area contributed by atoms with Crippen LogP contribution in [-0.4, -0.2) is 34.6 Å². The number of carbonyl (C=O) groups excluding carboxylic acids is 2. The SMILES string of the molecule is Cc1cc(C)cc(CSCC(=O)N(Cc2ccc(Cl)c(Cl)c2)[C@@H](C)C(=O)NC(C)C)c1. The molecular formula is C24H30Cl2N2O2S. The number of hydrogen-bond donors (Lipinski definition) is 1. The van der Waals surface area contributed by atoms with Crippen molar-refractivity contribution in [3.63, 3.8) is 0 Å². The summed E-state index contributed by atoms with van der Waals surface area (Å²) in [4.78, 5) is 27.3. The predicted molar refractivity (Wildman–Crippen MR) is 132 cm³/mol. The Balaban J connectivity index is 2.12. The highest BCUT2D eigenvalue weighted by Gasteiger charge is 2.26. The molecule has 2 aromatic rings. The van der Waals surface area contributed by atoms with Crippen molar-refractivity contribution in [3.8, 4) is 0 Å². The Hall–Kier alpha value is -1.69. The second-order valence-electron chi connectivity index (χ2n) is 8.10. The van der Waals surface area contributed by atoms with E-state index in [0.717, 1.165) is 11.3 Å². The number of aryl methyl sites for hydroxylation is 2. The molecule has 0 radical (unpaired) electrons. The first-order chi connectivity index (χ1) is 14.6. The number of nitrogens with one attached hydrogen (secondary N) is 1. The van der Waals surface area contributed by atoms with Crippen molar-refractivity contribution in [2.45, 2.75) is 59.0 Å². The Morgan fingerprint density at radius 1 is 0.968 bits per heavy atom. The predicted octanol–water partition coefficient (Wildman–Crippen LogP) is 5.79. The fourth-order valence-corrected chi connectivity index (χ4v) is 4.48. The van der Waals surface area contributed by atoms with E-state index in [1.54, 1.807) is 35.7 Å². The van der Waals surface area contributed by atoms with Gasteiger partial charge in [0.2, 0.25) is 11.8 Å². The summed E-state index contributed by atoms with van der Waals surface area (Å²) in [5.74, 6) is 0.754. The third-order valence-corrected chi connectivity index (χ3v) is 6.44. The lowest BCUT2D eigenvalue weighted by Crippen LogP contribution is -2.49. The second kappa shape index (κ2) is 11.8. The monoisotopic (exact) mass is 480 g/mol. The van der Waals surface area contributed by atoms with E-state index in [4.69, 9.17) is 23.2 Å². The maximum atomic E-state index is 13.1. The van der Waals surface area contributed by atoms with Gasteiger partial charge in [-0.15, -0.1) is 11.8 Å². The summed E-state index contributed by atoms with van der Waals surface area (Å²) >= 11 is 13.7. The van der Waals surface area contributed by atoms with Crippen LogP contribution < -0.4 is 5.32 Å². The van der Waals surface area contributed by atoms with Gasteiger partial charge in [-0.1, -0.05) is 58.6 Å². The van der Waals surface area contributed by atoms with E-state index < -0.39 is 6.04 Å². The third kappa shape index (κ3) is 8.06. The Morgan fingerprint density at radius 2 is 1.61 bits per heavy atom. The van der Waals surface area contributed by atoms with Crippen LogP contribution in [0.25, 0.3) is 0 Å². The van der Waals surface area contributed by atoms with Gasteiger partial charge >= 0.3 is 0 Å². The van der Waals surface area contributed by atoms with Gasteiger partial charge < -0.3 is 10.2 Å². The molecule has 0 spiro atoms. The summed E-state index contributed by atoms with van der Waals surface area (Å²) in [7, 11) is 0. The molecule has 1 atom stereocenters. The first kappa shape index (κ1) is 25.6. The summed E-state index contributed by atoms with van der Waals surface area (Å²) in [6, 6.07) is 11.1. The third-order valence-electron chi connectivity index (χ3n) is 4.71. The normalized spacial score (nSPS) is 12.0. The number of hydrogen-bond acceptors (Lipinski definition) is 3. The summed E-state index contributed by atoms with van der Waals surface area (Å²) in [5, 5.41) is 3.77. The number of rotatable bonds is 9. The smallest absolute Gasteiger partial charge is 0.242 e. The quantitative estimate of drug-likeness (QED) is 0.494. The minimum Gasteiger partial charge on any atom is -0.352 e. The van der Waals surface area contributed by atoms with Crippen LogP contribution >= 0.6 is 35.0 Å². The second-order valence-corrected chi connectivity index (χ2v) is 9.90. The summed E-state index contributed by atoms with van der Waals surface area (Å²) in [6.07, 6.45) is 0. The number of amides is 2. The molecule has 0 saturated carbocycles. The fraction of sp³-hybridized carbons (Fsp3) is 0.417. The van der Waals surface area contributed by atoms with E-state index in [1.165, 1.54) is 16.7 Å². The standard InChI is InChI=1S/C24H30Cl2N2O2S/c1-15(2)27-24(30)18(5)28(12-19-6-7-21(25)22(26)11-19)23(29)14-31-13-20-9-16(3)8-17(4)10-20/h6-11,15,18H,12-14H2,1-5H3,(H,27,30)/t18-/m0/s1. The van der Waals surface area contributed by atoms with Crippen molar-refractivity contribution in [2.24, 2.45) is 0 Å². The molecule has 0 fully saturated rings. The van der Waals surface area contributed by atoms with Crippen molar-refractivity contribution < 1.29 is 9.59 Å². The first-order valence-electron chi connectivity index (χ1n) is 10.3. The molecule has 0 aromatic heterocycles.